The van der Waals surface area contributed by atoms with Gasteiger partial charge in [-0.3, -0.25) is 0 Å². The fourth-order valence-corrected chi connectivity index (χ4v) is 1.32. The number of rotatable bonds is 2. The SMILES string of the molecule is Cc1cc(F)c(C(Cl)C(F)F)cc1C. The average molecular weight is 223 g/mol. The van der Waals surface area contributed by atoms with Crippen LogP contribution in [0.5, 0.6) is 0 Å². The van der Waals surface area contributed by atoms with Crippen molar-refractivity contribution in [1.29, 1.82) is 0 Å². The van der Waals surface area contributed by atoms with Gasteiger partial charge in [0.05, 0.1) is 0 Å². The van der Waals surface area contributed by atoms with Crippen LogP contribution in [0.25, 0.3) is 0 Å². The number of aryl methyl sites for hydroxylation is 2. The Bertz CT molecular complexity index is 336. The van der Waals surface area contributed by atoms with Gasteiger partial charge < -0.3 is 0 Å². The van der Waals surface area contributed by atoms with Gasteiger partial charge in [0.25, 0.3) is 6.43 Å². The van der Waals surface area contributed by atoms with E-state index in [1.54, 1.807) is 13.8 Å². The highest BCUT2D eigenvalue weighted by atomic mass is 35.5. The molecule has 0 N–H and O–H groups in total. The Kier molecular flexibility index (Phi) is 3.43. The molecule has 0 aliphatic carbocycles. The molecule has 0 radical (unpaired) electrons. The lowest BCUT2D eigenvalue weighted by Crippen LogP contribution is -2.05. The van der Waals surface area contributed by atoms with Crippen LogP contribution >= 0.6 is 11.6 Å². The Morgan fingerprint density at radius 2 is 1.64 bits per heavy atom. The smallest absolute Gasteiger partial charge is 0.208 e. The topological polar surface area (TPSA) is 0 Å². The summed E-state index contributed by atoms with van der Waals surface area (Å²) in [5, 5.41) is -1.57. The summed E-state index contributed by atoms with van der Waals surface area (Å²) in [5.74, 6) is -0.673. The van der Waals surface area contributed by atoms with E-state index in [1.165, 1.54) is 12.1 Å². The van der Waals surface area contributed by atoms with Crippen molar-refractivity contribution in [3.05, 3.63) is 34.6 Å². The van der Waals surface area contributed by atoms with Crippen LogP contribution in [0, 0.1) is 19.7 Å². The lowest BCUT2D eigenvalue weighted by atomic mass is 10.0. The first-order chi connectivity index (χ1) is 6.43. The van der Waals surface area contributed by atoms with Gasteiger partial charge in [0, 0.05) is 5.56 Å². The molecule has 14 heavy (non-hydrogen) atoms. The van der Waals surface area contributed by atoms with Crippen LogP contribution in [0.1, 0.15) is 22.1 Å². The fraction of sp³-hybridized carbons (Fsp3) is 0.400. The minimum Gasteiger partial charge on any atom is -0.208 e. The van der Waals surface area contributed by atoms with Crippen LogP contribution in [0.15, 0.2) is 12.1 Å². The molecule has 0 aliphatic heterocycles. The molecule has 78 valence electrons. The van der Waals surface area contributed by atoms with E-state index in [1.807, 2.05) is 0 Å². The van der Waals surface area contributed by atoms with Crippen LogP contribution in [0.2, 0.25) is 0 Å². The molecule has 0 aliphatic rings. The van der Waals surface area contributed by atoms with E-state index >= 15 is 0 Å². The highest BCUT2D eigenvalue weighted by Crippen LogP contribution is 2.30. The molecule has 0 nitrogen and oxygen atoms in total. The maximum atomic E-state index is 13.2. The van der Waals surface area contributed by atoms with Crippen LogP contribution < -0.4 is 0 Å². The first kappa shape index (κ1) is 11.4. The molecule has 0 amide bonds. The van der Waals surface area contributed by atoms with Crippen LogP contribution in [-0.4, -0.2) is 6.43 Å². The van der Waals surface area contributed by atoms with E-state index in [2.05, 4.69) is 0 Å². The summed E-state index contributed by atoms with van der Waals surface area (Å²) < 4.78 is 37.7. The zero-order valence-electron chi connectivity index (χ0n) is 7.82. The average Bonchev–Trinajstić information content (AvgIpc) is 2.10. The molecule has 1 atom stereocenters. The van der Waals surface area contributed by atoms with Gasteiger partial charge in [0.15, 0.2) is 0 Å². The standard InChI is InChI=1S/C10H10ClF3/c1-5-3-7(9(11)10(13)14)8(12)4-6(5)2/h3-4,9-10H,1-2H3. The second-order valence-electron chi connectivity index (χ2n) is 3.19. The van der Waals surface area contributed by atoms with Crippen molar-refractivity contribution in [1.82, 2.24) is 0 Å². The number of hydrogen-bond donors (Lipinski definition) is 0. The summed E-state index contributed by atoms with van der Waals surface area (Å²) in [6.07, 6.45) is -2.76. The normalized spacial score (nSPS) is 13.4. The van der Waals surface area contributed by atoms with Crippen LogP contribution in [0.4, 0.5) is 13.2 Å². The molecule has 0 fully saturated rings. The maximum Gasteiger partial charge on any atom is 0.258 e. The van der Waals surface area contributed by atoms with Gasteiger partial charge in [-0.15, -0.1) is 11.6 Å². The summed E-state index contributed by atoms with van der Waals surface area (Å²) in [5.41, 5.74) is 1.35. The predicted molar refractivity (Wildman–Crippen MR) is 50.5 cm³/mol. The molecule has 0 aromatic heterocycles. The molecule has 0 bridgehead atoms. The minimum absolute atomic E-state index is 0.134. The van der Waals surface area contributed by atoms with E-state index < -0.39 is 17.6 Å². The van der Waals surface area contributed by atoms with Crippen molar-refractivity contribution in [3.8, 4) is 0 Å². The van der Waals surface area contributed by atoms with Crippen molar-refractivity contribution in [2.45, 2.75) is 25.7 Å². The van der Waals surface area contributed by atoms with E-state index in [0.717, 1.165) is 11.1 Å². The Morgan fingerprint density at radius 1 is 1.14 bits per heavy atom. The fourth-order valence-electron chi connectivity index (χ4n) is 1.15. The first-order valence-corrected chi connectivity index (χ1v) is 4.56. The van der Waals surface area contributed by atoms with Crippen LogP contribution in [0.3, 0.4) is 0 Å². The molecular weight excluding hydrogens is 213 g/mol. The van der Waals surface area contributed by atoms with E-state index in [0.29, 0.717) is 0 Å². The number of hydrogen-bond acceptors (Lipinski definition) is 0. The number of alkyl halides is 3. The van der Waals surface area contributed by atoms with Gasteiger partial charge in [-0.05, 0) is 31.0 Å². The monoisotopic (exact) mass is 222 g/mol. The quantitative estimate of drug-likeness (QED) is 0.664. The van der Waals surface area contributed by atoms with Crippen molar-refractivity contribution in [2.24, 2.45) is 0 Å². The molecule has 1 aromatic carbocycles. The highest BCUT2D eigenvalue weighted by Gasteiger charge is 2.23. The van der Waals surface area contributed by atoms with Gasteiger partial charge in [0.2, 0.25) is 0 Å². The van der Waals surface area contributed by atoms with Gasteiger partial charge in [-0.1, -0.05) is 6.07 Å². The summed E-state index contributed by atoms with van der Waals surface area (Å²) in [6, 6.07) is 2.59. The molecular formula is C10H10ClF3. The van der Waals surface area contributed by atoms with Crippen molar-refractivity contribution in [2.75, 3.05) is 0 Å². The number of halogens is 4. The van der Waals surface area contributed by atoms with Crippen molar-refractivity contribution in [3.63, 3.8) is 0 Å². The molecule has 0 spiro atoms. The second-order valence-corrected chi connectivity index (χ2v) is 3.66. The molecule has 1 aromatic rings. The van der Waals surface area contributed by atoms with Gasteiger partial charge in [-0.25, -0.2) is 13.2 Å². The molecule has 1 unspecified atom stereocenters. The maximum absolute atomic E-state index is 13.2. The highest BCUT2D eigenvalue weighted by molar-refractivity contribution is 6.21. The Hall–Kier alpha value is -0.700. The summed E-state index contributed by atoms with van der Waals surface area (Å²) in [7, 11) is 0. The zero-order chi connectivity index (χ0) is 10.9. The van der Waals surface area contributed by atoms with Crippen LogP contribution in [-0.2, 0) is 0 Å². The summed E-state index contributed by atoms with van der Waals surface area (Å²) in [4.78, 5) is 0. The summed E-state index contributed by atoms with van der Waals surface area (Å²) in [6.45, 7) is 3.45. The predicted octanol–water partition coefficient (Wildman–Crippen LogP) is 3.99. The lowest BCUT2D eigenvalue weighted by molar-refractivity contribution is 0.141. The molecule has 1 rings (SSSR count). The summed E-state index contributed by atoms with van der Waals surface area (Å²) >= 11 is 5.38. The largest absolute Gasteiger partial charge is 0.258 e. The number of benzene rings is 1. The molecule has 0 heterocycles. The molecule has 0 saturated carbocycles. The van der Waals surface area contributed by atoms with Gasteiger partial charge in [0.1, 0.15) is 11.2 Å². The zero-order valence-corrected chi connectivity index (χ0v) is 8.58. The Balaban J connectivity index is 3.15. The third kappa shape index (κ3) is 2.21. The van der Waals surface area contributed by atoms with E-state index in [9.17, 15) is 13.2 Å². The Labute approximate surface area is 85.7 Å². The van der Waals surface area contributed by atoms with Crippen molar-refractivity contribution < 1.29 is 13.2 Å². The third-order valence-electron chi connectivity index (χ3n) is 2.13. The van der Waals surface area contributed by atoms with E-state index in [-0.39, 0.29) is 5.56 Å². The molecule has 0 saturated heterocycles. The third-order valence-corrected chi connectivity index (χ3v) is 2.56. The second kappa shape index (κ2) is 4.22. The Morgan fingerprint density at radius 3 is 2.14 bits per heavy atom. The first-order valence-electron chi connectivity index (χ1n) is 4.12. The lowest BCUT2D eigenvalue weighted by Gasteiger charge is -2.11. The van der Waals surface area contributed by atoms with Gasteiger partial charge >= 0.3 is 0 Å². The minimum atomic E-state index is -2.76. The molecule has 4 heteroatoms. The van der Waals surface area contributed by atoms with Crippen molar-refractivity contribution >= 4 is 11.6 Å². The van der Waals surface area contributed by atoms with E-state index in [4.69, 9.17) is 11.6 Å². The van der Waals surface area contributed by atoms with Gasteiger partial charge in [-0.2, -0.15) is 0 Å².